The average Bonchev–Trinajstić information content (AvgIpc) is 3.16. The molecule has 0 aliphatic rings. The number of alkyl halides is 2. The highest BCUT2D eigenvalue weighted by Gasteiger charge is 2.14. The fourth-order valence-corrected chi connectivity index (χ4v) is 3.11. The molecule has 0 atom stereocenters. The van der Waals surface area contributed by atoms with E-state index < -0.39 is 18.1 Å². The molecule has 0 radical (unpaired) electrons. The van der Waals surface area contributed by atoms with Gasteiger partial charge in [0.15, 0.2) is 5.65 Å². The van der Waals surface area contributed by atoms with Gasteiger partial charge in [0, 0.05) is 5.69 Å². The molecule has 158 valence electrons. The number of hydrogen-bond donors (Lipinski definition) is 1. The minimum absolute atomic E-state index is 0.0236. The normalized spacial score (nSPS) is 11.1. The first kappa shape index (κ1) is 20.2. The number of aromatic nitrogens is 4. The van der Waals surface area contributed by atoms with E-state index in [1.54, 1.807) is 4.68 Å². The number of halogens is 2. The van der Waals surface area contributed by atoms with Crippen LogP contribution in [0.1, 0.15) is 5.56 Å². The first-order valence-corrected chi connectivity index (χ1v) is 9.26. The molecule has 2 aromatic heterocycles. The zero-order chi connectivity index (χ0) is 22.0. The molecule has 0 bridgehead atoms. The summed E-state index contributed by atoms with van der Waals surface area (Å²) in [6.07, 6.45) is 2.72. The van der Waals surface area contributed by atoms with Crippen molar-refractivity contribution in [3.8, 4) is 11.4 Å². The zero-order valence-electron chi connectivity index (χ0n) is 16.3. The molecule has 4 aromatic rings. The summed E-state index contributed by atoms with van der Waals surface area (Å²) >= 11 is 0. The van der Waals surface area contributed by atoms with Crippen LogP contribution in [0.4, 0.5) is 14.5 Å². The van der Waals surface area contributed by atoms with E-state index in [9.17, 15) is 18.4 Å². The Hall–Kier alpha value is -4.08. The van der Waals surface area contributed by atoms with E-state index in [-0.39, 0.29) is 17.7 Å². The summed E-state index contributed by atoms with van der Waals surface area (Å²) in [7, 11) is 0. The van der Waals surface area contributed by atoms with Crippen LogP contribution in [0.25, 0.3) is 16.7 Å². The number of ether oxygens (including phenoxy) is 1. The second kappa shape index (κ2) is 8.34. The van der Waals surface area contributed by atoms with Crippen molar-refractivity contribution >= 4 is 22.6 Å². The maximum Gasteiger partial charge on any atom is 0.387 e. The molecular weight excluding hydrogens is 408 g/mol. The van der Waals surface area contributed by atoms with Crippen LogP contribution in [0.5, 0.6) is 5.75 Å². The largest absolute Gasteiger partial charge is 0.435 e. The minimum atomic E-state index is -2.93. The maximum atomic E-state index is 12.8. The predicted octanol–water partition coefficient (Wildman–Crippen LogP) is 3.13. The molecule has 0 aliphatic heterocycles. The number of nitrogens with one attached hydrogen (secondary N) is 1. The van der Waals surface area contributed by atoms with Gasteiger partial charge in [0.05, 0.1) is 11.9 Å². The maximum absolute atomic E-state index is 12.8. The Morgan fingerprint density at radius 2 is 1.90 bits per heavy atom. The van der Waals surface area contributed by atoms with Gasteiger partial charge in [-0.25, -0.2) is 9.67 Å². The van der Waals surface area contributed by atoms with Gasteiger partial charge >= 0.3 is 6.61 Å². The monoisotopic (exact) mass is 425 g/mol. The lowest BCUT2D eigenvalue weighted by Gasteiger charge is -2.09. The summed E-state index contributed by atoms with van der Waals surface area (Å²) in [5.74, 6) is -0.499. The SMILES string of the molecule is Cc1ccccc1-n1ncc2c(=O)n(CC(=O)Nc3ccc(OC(F)F)cc3)cnc21. The van der Waals surface area contributed by atoms with Crippen LogP contribution in [-0.4, -0.2) is 31.9 Å². The van der Waals surface area contributed by atoms with E-state index in [2.05, 4.69) is 20.1 Å². The Morgan fingerprint density at radius 1 is 1.16 bits per heavy atom. The van der Waals surface area contributed by atoms with Crippen LogP contribution in [0.15, 0.2) is 65.8 Å². The van der Waals surface area contributed by atoms with Crippen molar-refractivity contribution in [2.75, 3.05) is 5.32 Å². The Labute approximate surface area is 174 Å². The van der Waals surface area contributed by atoms with Crippen molar-refractivity contribution < 1.29 is 18.3 Å². The quantitative estimate of drug-likeness (QED) is 0.513. The first-order valence-electron chi connectivity index (χ1n) is 9.26. The van der Waals surface area contributed by atoms with Gasteiger partial charge < -0.3 is 10.1 Å². The molecule has 2 aromatic carbocycles. The van der Waals surface area contributed by atoms with Crippen LogP contribution in [0, 0.1) is 6.92 Å². The minimum Gasteiger partial charge on any atom is -0.435 e. The third kappa shape index (κ3) is 4.27. The van der Waals surface area contributed by atoms with E-state index in [1.165, 1.54) is 41.4 Å². The standard InChI is InChI=1S/C21H17F2N5O3/c1-13-4-2-3-5-17(13)28-19-16(10-25-28)20(30)27(12-24-19)11-18(29)26-14-6-8-15(9-7-14)31-21(22)23/h2-10,12,21H,11H2,1H3,(H,26,29). The molecule has 0 aliphatic carbocycles. The average molecular weight is 425 g/mol. The number of rotatable bonds is 6. The Kier molecular flexibility index (Phi) is 5.44. The van der Waals surface area contributed by atoms with Crippen molar-refractivity contribution in [3.05, 3.63) is 77.0 Å². The molecule has 2 heterocycles. The highest BCUT2D eigenvalue weighted by molar-refractivity contribution is 5.90. The first-order chi connectivity index (χ1) is 14.9. The van der Waals surface area contributed by atoms with Gasteiger partial charge in [-0.2, -0.15) is 13.9 Å². The van der Waals surface area contributed by atoms with Crippen molar-refractivity contribution in [3.63, 3.8) is 0 Å². The van der Waals surface area contributed by atoms with E-state index in [0.717, 1.165) is 11.3 Å². The van der Waals surface area contributed by atoms with Crippen LogP contribution in [-0.2, 0) is 11.3 Å². The van der Waals surface area contributed by atoms with Gasteiger partial charge in [-0.05, 0) is 42.8 Å². The lowest BCUT2D eigenvalue weighted by Crippen LogP contribution is -2.27. The Morgan fingerprint density at radius 3 is 2.61 bits per heavy atom. The fraction of sp³-hybridized carbons (Fsp3) is 0.143. The number of amides is 1. The summed E-state index contributed by atoms with van der Waals surface area (Å²) < 4.78 is 31.4. The molecule has 0 saturated carbocycles. The number of aryl methyl sites for hydroxylation is 1. The van der Waals surface area contributed by atoms with E-state index in [4.69, 9.17) is 0 Å². The van der Waals surface area contributed by atoms with Gasteiger partial charge in [0.2, 0.25) is 5.91 Å². The molecule has 0 saturated heterocycles. The summed E-state index contributed by atoms with van der Waals surface area (Å²) in [6.45, 7) is -1.27. The summed E-state index contributed by atoms with van der Waals surface area (Å²) in [5, 5.41) is 7.16. The van der Waals surface area contributed by atoms with Crippen molar-refractivity contribution in [1.82, 2.24) is 19.3 Å². The Balaban J connectivity index is 1.53. The van der Waals surface area contributed by atoms with Gasteiger partial charge in [0.1, 0.15) is 24.0 Å². The number of nitrogens with zero attached hydrogens (tertiary/aromatic N) is 4. The number of benzene rings is 2. The Bertz CT molecular complexity index is 1300. The number of hydrogen-bond acceptors (Lipinski definition) is 5. The van der Waals surface area contributed by atoms with Gasteiger partial charge in [0.25, 0.3) is 5.56 Å². The van der Waals surface area contributed by atoms with Crippen LogP contribution in [0.2, 0.25) is 0 Å². The molecule has 31 heavy (non-hydrogen) atoms. The van der Waals surface area contributed by atoms with E-state index >= 15 is 0 Å². The number of para-hydroxylation sites is 1. The van der Waals surface area contributed by atoms with Crippen molar-refractivity contribution in [2.45, 2.75) is 20.1 Å². The lowest BCUT2D eigenvalue weighted by atomic mass is 10.2. The zero-order valence-corrected chi connectivity index (χ0v) is 16.3. The molecule has 8 nitrogen and oxygen atoms in total. The summed E-state index contributed by atoms with van der Waals surface area (Å²) in [6, 6.07) is 13.0. The van der Waals surface area contributed by atoms with Crippen molar-refractivity contribution in [2.24, 2.45) is 0 Å². The smallest absolute Gasteiger partial charge is 0.387 e. The second-order valence-electron chi connectivity index (χ2n) is 6.71. The molecular formula is C21H17F2N5O3. The van der Waals surface area contributed by atoms with Gasteiger partial charge in [-0.15, -0.1) is 0 Å². The molecule has 10 heteroatoms. The highest BCUT2D eigenvalue weighted by Crippen LogP contribution is 2.18. The van der Waals surface area contributed by atoms with Crippen molar-refractivity contribution in [1.29, 1.82) is 0 Å². The van der Waals surface area contributed by atoms with E-state index in [0.29, 0.717) is 11.3 Å². The third-order valence-corrected chi connectivity index (χ3v) is 4.58. The fourth-order valence-electron chi connectivity index (χ4n) is 3.11. The van der Waals surface area contributed by atoms with Gasteiger partial charge in [-0.3, -0.25) is 14.2 Å². The lowest BCUT2D eigenvalue weighted by molar-refractivity contribution is -0.116. The molecule has 0 fully saturated rings. The third-order valence-electron chi connectivity index (χ3n) is 4.58. The molecule has 4 rings (SSSR count). The summed E-state index contributed by atoms with van der Waals surface area (Å²) in [4.78, 5) is 29.4. The van der Waals surface area contributed by atoms with Crippen LogP contribution >= 0.6 is 0 Å². The number of anilines is 1. The van der Waals surface area contributed by atoms with E-state index in [1.807, 2.05) is 31.2 Å². The number of carbonyl (C=O) groups is 1. The number of fused-ring (bicyclic) bond motifs is 1. The predicted molar refractivity (Wildman–Crippen MR) is 110 cm³/mol. The second-order valence-corrected chi connectivity index (χ2v) is 6.71. The van der Waals surface area contributed by atoms with Gasteiger partial charge in [-0.1, -0.05) is 18.2 Å². The summed E-state index contributed by atoms with van der Waals surface area (Å²) in [5.41, 5.74) is 2.15. The van der Waals surface area contributed by atoms with Crippen LogP contribution in [0.3, 0.4) is 0 Å². The molecule has 0 unspecified atom stereocenters. The highest BCUT2D eigenvalue weighted by atomic mass is 19.3. The molecule has 0 spiro atoms. The topological polar surface area (TPSA) is 91.0 Å². The molecule has 1 N–H and O–H groups in total. The number of carbonyl (C=O) groups excluding carboxylic acids is 1. The molecule has 1 amide bonds. The van der Waals surface area contributed by atoms with Crippen LogP contribution < -0.4 is 15.6 Å².